The van der Waals surface area contributed by atoms with Crippen LogP contribution in [0.5, 0.6) is 11.5 Å². The lowest BCUT2D eigenvalue weighted by Crippen LogP contribution is -2.36. The molecular formula is C16H16Cl2N2O3. The lowest BCUT2D eigenvalue weighted by atomic mass is 10.3. The van der Waals surface area contributed by atoms with Crippen LogP contribution in [-0.4, -0.2) is 30.1 Å². The lowest BCUT2D eigenvalue weighted by molar-refractivity contribution is -0.123. The zero-order valence-electron chi connectivity index (χ0n) is 12.5. The molecule has 0 bridgehead atoms. The summed E-state index contributed by atoms with van der Waals surface area (Å²) in [6.07, 6.45) is 3.09. The summed E-state index contributed by atoms with van der Waals surface area (Å²) in [6.45, 7) is 2.07. The smallest absolute Gasteiger partial charge is 0.258 e. The number of nitrogens with zero attached hydrogens (tertiary/aromatic N) is 1. The molecule has 1 atom stereocenters. The Kier molecular flexibility index (Phi) is 6.50. The Morgan fingerprint density at radius 2 is 2.17 bits per heavy atom. The fourth-order valence-electron chi connectivity index (χ4n) is 1.73. The van der Waals surface area contributed by atoms with Crippen molar-refractivity contribution in [3.05, 3.63) is 52.8 Å². The summed E-state index contributed by atoms with van der Waals surface area (Å²) in [5, 5.41) is 3.59. The van der Waals surface area contributed by atoms with Gasteiger partial charge in [0.2, 0.25) is 0 Å². The first kappa shape index (κ1) is 17.4. The van der Waals surface area contributed by atoms with Crippen molar-refractivity contribution in [3.8, 4) is 11.5 Å². The Morgan fingerprint density at radius 3 is 2.87 bits per heavy atom. The van der Waals surface area contributed by atoms with E-state index >= 15 is 0 Å². The predicted octanol–water partition coefficient (Wildman–Crippen LogP) is 3.35. The number of aromatic nitrogens is 1. The molecular weight excluding hydrogens is 339 g/mol. The second kappa shape index (κ2) is 8.60. The molecule has 0 saturated heterocycles. The summed E-state index contributed by atoms with van der Waals surface area (Å²) in [4.78, 5) is 15.7. The Bertz CT molecular complexity index is 653. The number of rotatable bonds is 7. The molecule has 1 N–H and O–H groups in total. The third-order valence-electron chi connectivity index (χ3n) is 2.81. The number of pyridine rings is 1. The second-order valence-electron chi connectivity index (χ2n) is 4.78. The van der Waals surface area contributed by atoms with Crippen LogP contribution in [0, 0.1) is 0 Å². The van der Waals surface area contributed by atoms with Crippen LogP contribution >= 0.6 is 23.2 Å². The molecule has 0 saturated carbocycles. The zero-order chi connectivity index (χ0) is 16.7. The van der Waals surface area contributed by atoms with Gasteiger partial charge in [0.05, 0.1) is 17.8 Å². The SMILES string of the molecule is C[C@H](CNC(=O)COc1ccc(Cl)cc1Cl)Oc1cccnc1. The predicted molar refractivity (Wildman–Crippen MR) is 89.3 cm³/mol. The summed E-state index contributed by atoms with van der Waals surface area (Å²) >= 11 is 11.8. The maximum Gasteiger partial charge on any atom is 0.258 e. The third kappa shape index (κ3) is 5.96. The van der Waals surface area contributed by atoms with Crippen LogP contribution in [0.2, 0.25) is 10.0 Å². The van der Waals surface area contributed by atoms with Gasteiger partial charge in [-0.25, -0.2) is 0 Å². The van der Waals surface area contributed by atoms with Crippen LogP contribution < -0.4 is 14.8 Å². The van der Waals surface area contributed by atoms with Gasteiger partial charge in [-0.2, -0.15) is 0 Å². The number of hydrogen-bond acceptors (Lipinski definition) is 4. The molecule has 0 radical (unpaired) electrons. The minimum Gasteiger partial charge on any atom is -0.487 e. The molecule has 1 heterocycles. The fraction of sp³-hybridized carbons (Fsp3) is 0.250. The highest BCUT2D eigenvalue weighted by molar-refractivity contribution is 6.35. The van der Waals surface area contributed by atoms with Gasteiger partial charge < -0.3 is 14.8 Å². The number of amides is 1. The van der Waals surface area contributed by atoms with Gasteiger partial charge in [0, 0.05) is 11.2 Å². The average Bonchev–Trinajstić information content (AvgIpc) is 2.53. The van der Waals surface area contributed by atoms with Gasteiger partial charge in [0.1, 0.15) is 17.6 Å². The number of hydrogen-bond donors (Lipinski definition) is 1. The van der Waals surface area contributed by atoms with Crippen LogP contribution in [0.1, 0.15) is 6.92 Å². The van der Waals surface area contributed by atoms with Gasteiger partial charge >= 0.3 is 0 Å². The van der Waals surface area contributed by atoms with Gasteiger partial charge in [-0.05, 0) is 37.3 Å². The van der Waals surface area contributed by atoms with E-state index in [1.807, 2.05) is 6.92 Å². The van der Waals surface area contributed by atoms with Gasteiger partial charge in [-0.1, -0.05) is 23.2 Å². The Labute approximate surface area is 144 Å². The van der Waals surface area contributed by atoms with Gasteiger partial charge in [0.25, 0.3) is 5.91 Å². The lowest BCUT2D eigenvalue weighted by Gasteiger charge is -2.15. The number of nitrogens with one attached hydrogen (secondary N) is 1. The molecule has 0 aliphatic heterocycles. The molecule has 1 aromatic carbocycles. The summed E-state index contributed by atoms with van der Waals surface area (Å²) in [7, 11) is 0. The number of carbonyl (C=O) groups is 1. The van der Waals surface area contributed by atoms with Gasteiger partial charge in [-0.15, -0.1) is 0 Å². The molecule has 0 aliphatic carbocycles. The largest absolute Gasteiger partial charge is 0.487 e. The van der Waals surface area contributed by atoms with E-state index in [1.54, 1.807) is 42.7 Å². The molecule has 1 aromatic heterocycles. The van der Waals surface area contributed by atoms with Crippen LogP contribution in [0.3, 0.4) is 0 Å². The zero-order valence-corrected chi connectivity index (χ0v) is 14.0. The number of halogens is 2. The van der Waals surface area contributed by atoms with Gasteiger partial charge in [-0.3, -0.25) is 9.78 Å². The quantitative estimate of drug-likeness (QED) is 0.828. The molecule has 122 valence electrons. The topological polar surface area (TPSA) is 60.5 Å². The summed E-state index contributed by atoms with van der Waals surface area (Å²) < 4.78 is 11.0. The third-order valence-corrected chi connectivity index (χ3v) is 3.34. The Balaban J connectivity index is 1.72. The highest BCUT2D eigenvalue weighted by Gasteiger charge is 2.09. The van der Waals surface area contributed by atoms with Crippen molar-refractivity contribution in [1.82, 2.24) is 10.3 Å². The van der Waals surface area contributed by atoms with E-state index in [1.165, 1.54) is 0 Å². The first-order valence-corrected chi connectivity index (χ1v) is 7.71. The number of carbonyl (C=O) groups excluding carboxylic acids is 1. The molecule has 1 amide bonds. The highest BCUT2D eigenvalue weighted by atomic mass is 35.5. The van der Waals surface area contributed by atoms with Gasteiger partial charge in [0.15, 0.2) is 6.61 Å². The molecule has 0 fully saturated rings. The minimum absolute atomic E-state index is 0.138. The fourth-order valence-corrected chi connectivity index (χ4v) is 2.20. The van der Waals surface area contributed by atoms with E-state index in [4.69, 9.17) is 32.7 Å². The second-order valence-corrected chi connectivity index (χ2v) is 5.63. The van der Waals surface area contributed by atoms with Crippen molar-refractivity contribution in [2.45, 2.75) is 13.0 Å². The normalized spacial score (nSPS) is 11.6. The first-order chi connectivity index (χ1) is 11.0. The maximum absolute atomic E-state index is 11.8. The maximum atomic E-state index is 11.8. The molecule has 2 aromatic rings. The van der Waals surface area contributed by atoms with Crippen LogP contribution in [0.15, 0.2) is 42.7 Å². The minimum atomic E-state index is -0.266. The van der Waals surface area contributed by atoms with E-state index < -0.39 is 0 Å². The van der Waals surface area contributed by atoms with Crippen LogP contribution in [0.4, 0.5) is 0 Å². The Hall–Kier alpha value is -1.98. The van der Waals surface area contributed by atoms with Crippen molar-refractivity contribution in [1.29, 1.82) is 0 Å². The molecule has 0 spiro atoms. The van der Waals surface area contributed by atoms with E-state index in [2.05, 4.69) is 10.3 Å². The molecule has 0 aliphatic rings. The highest BCUT2D eigenvalue weighted by Crippen LogP contribution is 2.27. The summed E-state index contributed by atoms with van der Waals surface area (Å²) in [5.41, 5.74) is 0. The van der Waals surface area contributed by atoms with Crippen LogP contribution in [0.25, 0.3) is 0 Å². The molecule has 23 heavy (non-hydrogen) atoms. The monoisotopic (exact) mass is 354 g/mol. The van der Waals surface area contributed by atoms with Crippen molar-refractivity contribution in [3.63, 3.8) is 0 Å². The summed E-state index contributed by atoms with van der Waals surface area (Å²) in [6, 6.07) is 8.40. The number of benzene rings is 1. The van der Waals surface area contributed by atoms with E-state index in [-0.39, 0.29) is 18.6 Å². The van der Waals surface area contributed by atoms with Crippen molar-refractivity contribution in [2.24, 2.45) is 0 Å². The first-order valence-electron chi connectivity index (χ1n) is 6.96. The molecule has 2 rings (SSSR count). The average molecular weight is 355 g/mol. The molecule has 0 unspecified atom stereocenters. The van der Waals surface area contributed by atoms with E-state index in [9.17, 15) is 4.79 Å². The molecule has 5 nitrogen and oxygen atoms in total. The van der Waals surface area contributed by atoms with E-state index in [0.717, 1.165) is 0 Å². The molecule has 7 heteroatoms. The number of ether oxygens (including phenoxy) is 2. The van der Waals surface area contributed by atoms with Crippen LogP contribution in [-0.2, 0) is 4.79 Å². The van der Waals surface area contributed by atoms with E-state index in [0.29, 0.717) is 28.1 Å². The Morgan fingerprint density at radius 1 is 1.35 bits per heavy atom. The van der Waals surface area contributed by atoms with Crippen molar-refractivity contribution in [2.75, 3.05) is 13.2 Å². The standard InChI is InChI=1S/C16H16Cl2N2O3/c1-11(23-13-3-2-6-19-9-13)8-20-16(21)10-22-15-5-4-12(17)7-14(15)18/h2-7,9,11H,8,10H2,1H3,(H,20,21)/t11-/m1/s1. The summed E-state index contributed by atoms with van der Waals surface area (Å²) in [5.74, 6) is 0.793. The van der Waals surface area contributed by atoms with Crippen molar-refractivity contribution < 1.29 is 14.3 Å². The van der Waals surface area contributed by atoms with Crippen molar-refractivity contribution >= 4 is 29.1 Å².